The molecule has 26 heavy (non-hydrogen) atoms. The average molecular weight is 360 g/mol. The summed E-state index contributed by atoms with van der Waals surface area (Å²) < 4.78 is 14.9. The number of benzene rings is 1. The number of carbonyl (C=O) groups is 3. The van der Waals surface area contributed by atoms with Crippen LogP contribution in [0.3, 0.4) is 0 Å². The second-order valence-electron chi connectivity index (χ2n) is 5.19. The van der Waals surface area contributed by atoms with E-state index in [1.54, 1.807) is 31.2 Å². The number of esters is 1. The molecule has 0 bridgehead atoms. The lowest BCUT2D eigenvalue weighted by Crippen LogP contribution is -2.27. The first-order valence-electron chi connectivity index (χ1n) is 8.07. The quantitative estimate of drug-likeness (QED) is 0.662. The van der Waals surface area contributed by atoms with Gasteiger partial charge < -0.3 is 24.5 Å². The van der Waals surface area contributed by atoms with Gasteiger partial charge in [-0.1, -0.05) is 6.07 Å². The standard InChI is InChI=1S/C18H20N2O6/c1-2-25-17(22)12-26-15-5-3-4-14(10-15)20-16(21)6-8-19-18(23)13-7-9-24-11-13/h3-5,7,9-11H,2,6,8,12H2,1H3,(H,19,23)(H,20,21). The van der Waals surface area contributed by atoms with Crippen LogP contribution in [0.25, 0.3) is 0 Å². The Kier molecular flexibility index (Phi) is 7.23. The predicted molar refractivity (Wildman–Crippen MR) is 92.9 cm³/mol. The first kappa shape index (κ1) is 19.0. The van der Waals surface area contributed by atoms with Crippen molar-refractivity contribution in [1.82, 2.24) is 5.32 Å². The van der Waals surface area contributed by atoms with Crippen LogP contribution in [0.2, 0.25) is 0 Å². The fraction of sp³-hybridized carbons (Fsp3) is 0.278. The number of hydrogen-bond acceptors (Lipinski definition) is 6. The topological polar surface area (TPSA) is 107 Å². The van der Waals surface area contributed by atoms with Crippen LogP contribution < -0.4 is 15.4 Å². The Morgan fingerprint density at radius 2 is 2.04 bits per heavy atom. The largest absolute Gasteiger partial charge is 0.482 e. The molecule has 2 rings (SSSR count). The second-order valence-corrected chi connectivity index (χ2v) is 5.19. The maximum atomic E-state index is 11.9. The number of rotatable bonds is 9. The summed E-state index contributed by atoms with van der Waals surface area (Å²) in [6, 6.07) is 8.19. The highest BCUT2D eigenvalue weighted by atomic mass is 16.6. The summed E-state index contributed by atoms with van der Waals surface area (Å²) in [5, 5.41) is 5.32. The smallest absolute Gasteiger partial charge is 0.344 e. The van der Waals surface area contributed by atoms with Crippen molar-refractivity contribution in [3.63, 3.8) is 0 Å². The molecule has 0 aliphatic carbocycles. The molecule has 1 aromatic heterocycles. The minimum Gasteiger partial charge on any atom is -0.482 e. The molecule has 1 heterocycles. The Hall–Kier alpha value is -3.29. The van der Waals surface area contributed by atoms with Crippen molar-refractivity contribution >= 4 is 23.5 Å². The molecule has 0 aliphatic rings. The van der Waals surface area contributed by atoms with E-state index in [9.17, 15) is 14.4 Å². The van der Waals surface area contributed by atoms with E-state index < -0.39 is 5.97 Å². The summed E-state index contributed by atoms with van der Waals surface area (Å²) in [7, 11) is 0. The molecule has 8 nitrogen and oxygen atoms in total. The molecule has 0 spiro atoms. The summed E-state index contributed by atoms with van der Waals surface area (Å²) in [4.78, 5) is 34.9. The maximum absolute atomic E-state index is 11.9. The SMILES string of the molecule is CCOC(=O)COc1cccc(NC(=O)CCNC(=O)c2ccoc2)c1. The molecule has 0 saturated heterocycles. The molecule has 2 N–H and O–H groups in total. The Labute approximate surface area is 150 Å². The van der Waals surface area contributed by atoms with E-state index in [2.05, 4.69) is 10.6 Å². The summed E-state index contributed by atoms with van der Waals surface area (Å²) in [6.07, 6.45) is 2.84. The van der Waals surface area contributed by atoms with Crippen LogP contribution in [0.4, 0.5) is 5.69 Å². The van der Waals surface area contributed by atoms with Crippen LogP contribution in [0.1, 0.15) is 23.7 Å². The maximum Gasteiger partial charge on any atom is 0.344 e. The van der Waals surface area contributed by atoms with E-state index in [4.69, 9.17) is 13.9 Å². The first-order chi connectivity index (χ1) is 12.6. The van der Waals surface area contributed by atoms with Crippen molar-refractivity contribution in [1.29, 1.82) is 0 Å². The molecule has 8 heteroatoms. The van der Waals surface area contributed by atoms with E-state index in [0.717, 1.165) is 0 Å². The van der Waals surface area contributed by atoms with Crippen molar-refractivity contribution in [3.8, 4) is 5.75 Å². The van der Waals surface area contributed by atoms with Gasteiger partial charge in [-0.15, -0.1) is 0 Å². The zero-order valence-electron chi connectivity index (χ0n) is 14.3. The second kappa shape index (κ2) is 9.87. The van der Waals surface area contributed by atoms with Crippen LogP contribution >= 0.6 is 0 Å². The molecule has 0 aliphatic heterocycles. The Morgan fingerprint density at radius 1 is 1.19 bits per heavy atom. The number of anilines is 1. The number of furan rings is 1. The molecule has 0 atom stereocenters. The number of carbonyl (C=O) groups excluding carboxylic acids is 3. The van der Waals surface area contributed by atoms with Gasteiger partial charge >= 0.3 is 5.97 Å². The molecular formula is C18H20N2O6. The Balaban J connectivity index is 1.75. The molecule has 138 valence electrons. The molecule has 1 aromatic carbocycles. The summed E-state index contributed by atoms with van der Waals surface area (Å²) in [6.45, 7) is 1.99. The van der Waals surface area contributed by atoms with Gasteiger partial charge in [0.1, 0.15) is 12.0 Å². The van der Waals surface area contributed by atoms with Gasteiger partial charge in [-0.25, -0.2) is 4.79 Å². The number of ether oxygens (including phenoxy) is 2. The highest BCUT2D eigenvalue weighted by Gasteiger charge is 2.09. The fourth-order valence-corrected chi connectivity index (χ4v) is 2.02. The van der Waals surface area contributed by atoms with Crippen LogP contribution in [-0.2, 0) is 14.3 Å². The highest BCUT2D eigenvalue weighted by Crippen LogP contribution is 2.17. The zero-order chi connectivity index (χ0) is 18.8. The normalized spacial score (nSPS) is 10.0. The van der Waals surface area contributed by atoms with Crippen molar-refractivity contribution in [2.45, 2.75) is 13.3 Å². The Morgan fingerprint density at radius 3 is 2.77 bits per heavy atom. The van der Waals surface area contributed by atoms with Gasteiger partial charge in [-0.05, 0) is 25.1 Å². The van der Waals surface area contributed by atoms with Crippen LogP contribution in [-0.4, -0.2) is 37.5 Å². The molecule has 0 saturated carbocycles. The van der Waals surface area contributed by atoms with Crippen LogP contribution in [0.5, 0.6) is 5.75 Å². The third kappa shape index (κ3) is 6.31. The molecule has 0 fully saturated rings. The number of amides is 2. The molecule has 2 aromatic rings. The minimum absolute atomic E-state index is 0.109. The molecule has 0 radical (unpaired) electrons. The average Bonchev–Trinajstić information content (AvgIpc) is 3.15. The zero-order valence-corrected chi connectivity index (χ0v) is 14.3. The van der Waals surface area contributed by atoms with E-state index in [1.807, 2.05) is 0 Å². The lowest BCUT2D eigenvalue weighted by Gasteiger charge is -2.09. The Bertz CT molecular complexity index is 742. The third-order valence-electron chi connectivity index (χ3n) is 3.20. The van der Waals surface area contributed by atoms with Crippen molar-refractivity contribution in [2.24, 2.45) is 0 Å². The number of hydrogen-bond donors (Lipinski definition) is 2. The van der Waals surface area contributed by atoms with E-state index >= 15 is 0 Å². The van der Waals surface area contributed by atoms with Gasteiger partial charge in [0.2, 0.25) is 5.91 Å². The van der Waals surface area contributed by atoms with Crippen molar-refractivity contribution in [2.75, 3.05) is 25.1 Å². The van der Waals surface area contributed by atoms with E-state index in [-0.39, 0.29) is 38.0 Å². The fourth-order valence-electron chi connectivity index (χ4n) is 2.02. The van der Waals surface area contributed by atoms with Gasteiger partial charge in [-0.3, -0.25) is 9.59 Å². The van der Waals surface area contributed by atoms with Gasteiger partial charge in [0.05, 0.1) is 18.4 Å². The summed E-state index contributed by atoms with van der Waals surface area (Å²) in [5.74, 6) is -0.597. The monoisotopic (exact) mass is 360 g/mol. The summed E-state index contributed by atoms with van der Waals surface area (Å²) in [5.41, 5.74) is 0.925. The van der Waals surface area contributed by atoms with Gasteiger partial charge in [0.15, 0.2) is 6.61 Å². The van der Waals surface area contributed by atoms with Gasteiger partial charge in [0.25, 0.3) is 5.91 Å². The lowest BCUT2D eigenvalue weighted by molar-refractivity contribution is -0.145. The predicted octanol–water partition coefficient (Wildman–Crippen LogP) is 1.98. The first-order valence-corrected chi connectivity index (χ1v) is 8.07. The molecular weight excluding hydrogens is 340 g/mol. The van der Waals surface area contributed by atoms with Crippen LogP contribution in [0.15, 0.2) is 47.3 Å². The molecule has 0 unspecified atom stereocenters. The summed E-state index contributed by atoms with van der Waals surface area (Å²) >= 11 is 0. The minimum atomic E-state index is -0.463. The highest BCUT2D eigenvalue weighted by molar-refractivity contribution is 5.95. The third-order valence-corrected chi connectivity index (χ3v) is 3.20. The number of nitrogens with one attached hydrogen (secondary N) is 2. The molecule has 2 amide bonds. The van der Waals surface area contributed by atoms with Crippen LogP contribution in [0, 0.1) is 0 Å². The van der Waals surface area contributed by atoms with Gasteiger partial charge in [-0.2, -0.15) is 0 Å². The van der Waals surface area contributed by atoms with Gasteiger partial charge in [0, 0.05) is 24.7 Å². The lowest BCUT2D eigenvalue weighted by atomic mass is 10.2. The van der Waals surface area contributed by atoms with E-state index in [0.29, 0.717) is 17.0 Å². The van der Waals surface area contributed by atoms with Crippen molar-refractivity contribution < 1.29 is 28.3 Å². The van der Waals surface area contributed by atoms with E-state index in [1.165, 1.54) is 18.6 Å². The van der Waals surface area contributed by atoms with Crippen molar-refractivity contribution in [3.05, 3.63) is 48.4 Å².